The molecule has 1 N–H and O–H groups in total. The van der Waals surface area contributed by atoms with Crippen LogP contribution >= 0.6 is 15.9 Å². The zero-order chi connectivity index (χ0) is 15.5. The molecular weight excluding hydrogens is 356 g/mol. The second-order valence-corrected chi connectivity index (χ2v) is 7.46. The van der Waals surface area contributed by atoms with Gasteiger partial charge in [0.1, 0.15) is 0 Å². The number of aliphatic hydroxyl groups excluding tert-OH is 1. The molecular formula is C14H15BrN2O3S. The van der Waals surface area contributed by atoms with E-state index in [-0.39, 0.29) is 18.2 Å². The van der Waals surface area contributed by atoms with E-state index < -0.39 is 10.0 Å². The van der Waals surface area contributed by atoms with E-state index in [1.54, 1.807) is 6.07 Å². The Labute approximate surface area is 132 Å². The van der Waals surface area contributed by atoms with Crippen molar-refractivity contribution in [2.45, 2.75) is 18.2 Å². The van der Waals surface area contributed by atoms with E-state index in [2.05, 4.69) is 20.9 Å². The van der Waals surface area contributed by atoms with Crippen LogP contribution in [-0.2, 0) is 23.2 Å². The van der Waals surface area contributed by atoms with Gasteiger partial charge in [0.15, 0.2) is 5.03 Å². The SMILES string of the molecule is CN(Cc1cccc(Br)c1)S(=O)(=O)c1ccc(CO)cn1. The molecule has 0 saturated heterocycles. The highest BCUT2D eigenvalue weighted by atomic mass is 79.9. The second-order valence-electron chi connectivity index (χ2n) is 4.55. The fourth-order valence-electron chi connectivity index (χ4n) is 1.79. The molecule has 0 aliphatic rings. The minimum absolute atomic E-state index is 0.0304. The van der Waals surface area contributed by atoms with E-state index in [0.29, 0.717) is 5.56 Å². The normalized spacial score (nSPS) is 11.8. The smallest absolute Gasteiger partial charge is 0.260 e. The molecule has 0 radical (unpaired) electrons. The van der Waals surface area contributed by atoms with Gasteiger partial charge in [-0.05, 0) is 29.3 Å². The Morgan fingerprint density at radius 3 is 2.57 bits per heavy atom. The number of benzene rings is 1. The fraction of sp³-hybridized carbons (Fsp3) is 0.214. The third kappa shape index (κ3) is 3.88. The van der Waals surface area contributed by atoms with Crippen LogP contribution in [0.1, 0.15) is 11.1 Å². The zero-order valence-electron chi connectivity index (χ0n) is 11.4. The van der Waals surface area contributed by atoms with Crippen LogP contribution in [0.3, 0.4) is 0 Å². The monoisotopic (exact) mass is 370 g/mol. The number of hydrogen-bond donors (Lipinski definition) is 1. The number of sulfonamides is 1. The topological polar surface area (TPSA) is 70.5 Å². The van der Waals surface area contributed by atoms with Gasteiger partial charge in [-0.1, -0.05) is 34.1 Å². The van der Waals surface area contributed by atoms with Crippen molar-refractivity contribution < 1.29 is 13.5 Å². The summed E-state index contributed by atoms with van der Waals surface area (Å²) in [7, 11) is -2.14. The molecule has 7 heteroatoms. The van der Waals surface area contributed by atoms with Crippen molar-refractivity contribution in [1.29, 1.82) is 0 Å². The van der Waals surface area contributed by atoms with Crippen LogP contribution in [0, 0.1) is 0 Å². The summed E-state index contributed by atoms with van der Waals surface area (Å²) in [5.41, 5.74) is 1.45. The van der Waals surface area contributed by atoms with Crippen molar-refractivity contribution in [2.24, 2.45) is 0 Å². The average molecular weight is 371 g/mol. The third-order valence-corrected chi connectivity index (χ3v) is 5.16. The Bertz CT molecular complexity index is 717. The summed E-state index contributed by atoms with van der Waals surface area (Å²) in [6, 6.07) is 10.4. The van der Waals surface area contributed by atoms with Crippen molar-refractivity contribution in [1.82, 2.24) is 9.29 Å². The van der Waals surface area contributed by atoms with Crippen molar-refractivity contribution in [3.63, 3.8) is 0 Å². The zero-order valence-corrected chi connectivity index (χ0v) is 13.8. The van der Waals surface area contributed by atoms with Gasteiger partial charge in [-0.25, -0.2) is 13.4 Å². The number of rotatable bonds is 5. The highest BCUT2D eigenvalue weighted by Crippen LogP contribution is 2.17. The molecule has 0 aliphatic heterocycles. The maximum absolute atomic E-state index is 12.4. The Morgan fingerprint density at radius 1 is 1.24 bits per heavy atom. The van der Waals surface area contributed by atoms with Gasteiger partial charge in [-0.2, -0.15) is 4.31 Å². The van der Waals surface area contributed by atoms with Crippen LogP contribution in [-0.4, -0.2) is 29.9 Å². The first-order chi connectivity index (χ1) is 9.93. The van der Waals surface area contributed by atoms with E-state index in [1.807, 2.05) is 24.3 Å². The predicted molar refractivity (Wildman–Crippen MR) is 83.0 cm³/mol. The minimum atomic E-state index is -3.65. The highest BCUT2D eigenvalue weighted by molar-refractivity contribution is 9.10. The van der Waals surface area contributed by atoms with E-state index in [9.17, 15) is 8.42 Å². The Morgan fingerprint density at radius 2 is 2.00 bits per heavy atom. The van der Waals surface area contributed by atoms with Crippen LogP contribution in [0.4, 0.5) is 0 Å². The molecule has 0 saturated carbocycles. The summed E-state index contributed by atoms with van der Waals surface area (Å²) >= 11 is 3.36. The number of aliphatic hydroxyl groups is 1. The molecule has 0 atom stereocenters. The first-order valence-electron chi connectivity index (χ1n) is 6.20. The average Bonchev–Trinajstić information content (AvgIpc) is 2.47. The number of pyridine rings is 1. The van der Waals surface area contributed by atoms with Gasteiger partial charge in [-0.3, -0.25) is 0 Å². The number of halogens is 1. The van der Waals surface area contributed by atoms with Gasteiger partial charge in [-0.15, -0.1) is 0 Å². The third-order valence-electron chi connectivity index (χ3n) is 2.95. The number of aromatic nitrogens is 1. The predicted octanol–water partition coefficient (Wildman–Crippen LogP) is 2.16. The lowest BCUT2D eigenvalue weighted by molar-refractivity contribution is 0.281. The van der Waals surface area contributed by atoms with Crippen molar-refractivity contribution >= 4 is 26.0 Å². The minimum Gasteiger partial charge on any atom is -0.392 e. The lowest BCUT2D eigenvalue weighted by Crippen LogP contribution is -2.27. The van der Waals surface area contributed by atoms with Crippen molar-refractivity contribution in [2.75, 3.05) is 7.05 Å². The quantitative estimate of drug-likeness (QED) is 0.875. The van der Waals surface area contributed by atoms with Gasteiger partial charge in [0.25, 0.3) is 10.0 Å². The second kappa shape index (κ2) is 6.65. The maximum Gasteiger partial charge on any atom is 0.260 e. The molecule has 0 amide bonds. The maximum atomic E-state index is 12.4. The summed E-state index contributed by atoms with van der Waals surface area (Å²) in [4.78, 5) is 3.90. The first-order valence-corrected chi connectivity index (χ1v) is 8.43. The van der Waals surface area contributed by atoms with Gasteiger partial charge < -0.3 is 5.11 Å². The summed E-state index contributed by atoms with van der Waals surface area (Å²) in [6.45, 7) is 0.0897. The van der Waals surface area contributed by atoms with Crippen LogP contribution < -0.4 is 0 Å². The Hall–Kier alpha value is -1.28. The van der Waals surface area contributed by atoms with Gasteiger partial charge >= 0.3 is 0 Å². The summed E-state index contributed by atoms with van der Waals surface area (Å²) in [5, 5.41) is 8.93. The van der Waals surface area contributed by atoms with E-state index >= 15 is 0 Å². The van der Waals surface area contributed by atoms with Crippen LogP contribution in [0.5, 0.6) is 0 Å². The molecule has 21 heavy (non-hydrogen) atoms. The Kier molecular flexibility index (Phi) is 5.10. The molecule has 0 aliphatic carbocycles. The lowest BCUT2D eigenvalue weighted by Gasteiger charge is -2.17. The first kappa shape index (κ1) is 16.1. The Balaban J connectivity index is 2.21. The molecule has 0 fully saturated rings. The molecule has 2 rings (SSSR count). The largest absolute Gasteiger partial charge is 0.392 e. The highest BCUT2D eigenvalue weighted by Gasteiger charge is 2.22. The molecule has 5 nitrogen and oxygen atoms in total. The standard InChI is InChI=1S/C14H15BrN2O3S/c1-17(9-11-3-2-4-13(15)7-11)21(19,20)14-6-5-12(10-18)8-16-14/h2-8,18H,9-10H2,1H3. The van der Waals surface area contributed by atoms with Crippen molar-refractivity contribution in [3.05, 3.63) is 58.2 Å². The van der Waals surface area contributed by atoms with E-state index in [0.717, 1.165) is 10.0 Å². The molecule has 0 unspecified atom stereocenters. The molecule has 1 heterocycles. The molecule has 0 bridgehead atoms. The molecule has 112 valence electrons. The summed E-state index contributed by atoms with van der Waals surface area (Å²) < 4.78 is 27.0. The molecule has 2 aromatic rings. The molecule has 0 spiro atoms. The van der Waals surface area contributed by atoms with Gasteiger partial charge in [0.2, 0.25) is 0 Å². The van der Waals surface area contributed by atoms with Crippen LogP contribution in [0.15, 0.2) is 52.1 Å². The molecule has 1 aromatic heterocycles. The van der Waals surface area contributed by atoms with Crippen LogP contribution in [0.25, 0.3) is 0 Å². The number of nitrogens with zero attached hydrogens (tertiary/aromatic N) is 2. The van der Waals surface area contributed by atoms with Gasteiger partial charge in [0, 0.05) is 24.3 Å². The fourth-order valence-corrected chi connectivity index (χ4v) is 3.31. The van der Waals surface area contributed by atoms with E-state index in [1.165, 1.54) is 23.6 Å². The summed E-state index contributed by atoms with van der Waals surface area (Å²) in [6.07, 6.45) is 1.36. The molecule has 1 aromatic carbocycles. The lowest BCUT2D eigenvalue weighted by atomic mass is 10.2. The number of hydrogen-bond acceptors (Lipinski definition) is 4. The van der Waals surface area contributed by atoms with E-state index in [4.69, 9.17) is 5.11 Å². The van der Waals surface area contributed by atoms with Gasteiger partial charge in [0.05, 0.1) is 6.61 Å². The summed E-state index contributed by atoms with van der Waals surface area (Å²) in [5.74, 6) is 0. The van der Waals surface area contributed by atoms with Crippen molar-refractivity contribution in [3.8, 4) is 0 Å². The van der Waals surface area contributed by atoms with Crippen LogP contribution in [0.2, 0.25) is 0 Å².